The highest BCUT2D eigenvalue weighted by molar-refractivity contribution is 5.98. The molecule has 3 aromatic carbocycles. The molecule has 46 heavy (non-hydrogen) atoms. The molecular weight excluding hydrogens is 589 g/mol. The van der Waals surface area contributed by atoms with E-state index in [0.717, 1.165) is 55.7 Å². The molecule has 6 nitrogen and oxygen atoms in total. The van der Waals surface area contributed by atoms with Crippen LogP contribution in [0.4, 0.5) is 13.2 Å². The Morgan fingerprint density at radius 1 is 0.826 bits per heavy atom. The number of nitrogens with one attached hydrogen (secondary N) is 2. The summed E-state index contributed by atoms with van der Waals surface area (Å²) in [4.78, 5) is 29.4. The normalized spacial score (nSPS) is 15.7. The van der Waals surface area contributed by atoms with Crippen LogP contribution in [0.15, 0.2) is 103 Å². The molecule has 1 unspecified atom stereocenters. The highest BCUT2D eigenvalue weighted by atomic mass is 19.4. The maximum absolute atomic E-state index is 13.8. The first kappa shape index (κ1) is 33.0. The van der Waals surface area contributed by atoms with Crippen LogP contribution >= 0.6 is 0 Å². The summed E-state index contributed by atoms with van der Waals surface area (Å²) in [7, 11) is 0. The number of carbonyl (C=O) groups excluding carboxylic acids is 2. The van der Waals surface area contributed by atoms with E-state index in [1.54, 1.807) is 0 Å². The Labute approximate surface area is 268 Å². The molecule has 1 atom stereocenters. The number of halogens is 3. The SMILES string of the molecule is Cc1ccccc1C(CCCCN1CCC(NC(=O)c2ccccc2-n2cccc2)CC1)(C(=O)NCC(F)(F)F)c1ccccc1. The number of rotatable bonds is 12. The van der Waals surface area contributed by atoms with Gasteiger partial charge in [0.1, 0.15) is 6.54 Å². The minimum Gasteiger partial charge on any atom is -0.349 e. The standard InChI is InChI=1S/C37H41F3N4O2/c1-28-13-5-7-17-32(28)36(29-14-3-2-4-15-29,35(46)41-27-37(38,39)40)21-9-10-22-43-25-19-30(20-26-43)42-34(45)31-16-6-8-18-33(31)44-23-11-12-24-44/h2-8,11-18,23-24,30H,9-10,19-22,25-27H2,1H3,(H,41,46)(H,42,45). The van der Waals surface area contributed by atoms with Crippen molar-refractivity contribution < 1.29 is 22.8 Å². The first-order valence-corrected chi connectivity index (χ1v) is 15.9. The zero-order valence-electron chi connectivity index (χ0n) is 26.1. The van der Waals surface area contributed by atoms with Gasteiger partial charge in [-0.15, -0.1) is 0 Å². The highest BCUT2D eigenvalue weighted by Crippen LogP contribution is 2.39. The Morgan fingerprint density at radius 3 is 2.17 bits per heavy atom. The fourth-order valence-corrected chi connectivity index (χ4v) is 6.58. The van der Waals surface area contributed by atoms with Gasteiger partial charge in [-0.25, -0.2) is 0 Å². The van der Waals surface area contributed by atoms with Crippen LogP contribution in [0.1, 0.15) is 59.2 Å². The van der Waals surface area contributed by atoms with Gasteiger partial charge in [-0.1, -0.05) is 73.2 Å². The first-order valence-electron chi connectivity index (χ1n) is 15.9. The monoisotopic (exact) mass is 630 g/mol. The van der Waals surface area contributed by atoms with Gasteiger partial charge in [0, 0.05) is 31.5 Å². The van der Waals surface area contributed by atoms with Crippen LogP contribution in [-0.4, -0.2) is 59.7 Å². The van der Waals surface area contributed by atoms with E-state index in [1.807, 2.05) is 115 Å². The molecule has 0 saturated carbocycles. The van der Waals surface area contributed by atoms with Crippen LogP contribution in [-0.2, 0) is 10.2 Å². The van der Waals surface area contributed by atoms with Crippen LogP contribution in [0.3, 0.4) is 0 Å². The minimum absolute atomic E-state index is 0.0746. The Hall–Kier alpha value is -4.37. The molecule has 4 aromatic rings. The number of piperidine rings is 1. The van der Waals surface area contributed by atoms with Crippen molar-refractivity contribution in [3.63, 3.8) is 0 Å². The second-order valence-electron chi connectivity index (χ2n) is 12.0. The number of unbranched alkanes of at least 4 members (excludes halogenated alkanes) is 1. The summed E-state index contributed by atoms with van der Waals surface area (Å²) >= 11 is 0. The highest BCUT2D eigenvalue weighted by Gasteiger charge is 2.43. The number of aryl methyl sites for hydroxylation is 1. The smallest absolute Gasteiger partial charge is 0.349 e. The molecule has 1 saturated heterocycles. The second kappa shape index (κ2) is 14.8. The Morgan fingerprint density at radius 2 is 1.48 bits per heavy atom. The van der Waals surface area contributed by atoms with Gasteiger partial charge in [0.15, 0.2) is 0 Å². The number of alkyl halides is 3. The number of likely N-dealkylation sites (tertiary alicyclic amines) is 1. The molecule has 2 N–H and O–H groups in total. The Balaban J connectivity index is 1.21. The molecule has 1 fully saturated rings. The number of hydrogen-bond donors (Lipinski definition) is 2. The number of amides is 2. The summed E-state index contributed by atoms with van der Waals surface area (Å²) in [6, 6.07) is 28.1. The lowest BCUT2D eigenvalue weighted by Gasteiger charge is -2.36. The molecule has 2 heterocycles. The van der Waals surface area contributed by atoms with E-state index in [4.69, 9.17) is 0 Å². The Bertz CT molecular complexity index is 1580. The molecule has 1 aliphatic heterocycles. The maximum atomic E-state index is 13.8. The summed E-state index contributed by atoms with van der Waals surface area (Å²) in [5, 5.41) is 5.43. The fourth-order valence-electron chi connectivity index (χ4n) is 6.58. The van der Waals surface area contributed by atoms with Crippen molar-refractivity contribution >= 4 is 11.8 Å². The molecule has 9 heteroatoms. The van der Waals surface area contributed by atoms with E-state index >= 15 is 0 Å². The van der Waals surface area contributed by atoms with Gasteiger partial charge >= 0.3 is 6.18 Å². The summed E-state index contributed by atoms with van der Waals surface area (Å²) in [6.45, 7) is 2.98. The molecule has 0 aliphatic carbocycles. The van der Waals surface area contributed by atoms with E-state index in [0.29, 0.717) is 24.0 Å². The molecule has 0 radical (unpaired) electrons. The summed E-state index contributed by atoms with van der Waals surface area (Å²) < 4.78 is 41.6. The second-order valence-corrected chi connectivity index (χ2v) is 12.0. The van der Waals surface area contributed by atoms with Crippen molar-refractivity contribution in [3.8, 4) is 5.69 Å². The maximum Gasteiger partial charge on any atom is 0.405 e. The first-order chi connectivity index (χ1) is 22.2. The largest absolute Gasteiger partial charge is 0.405 e. The topological polar surface area (TPSA) is 66.4 Å². The van der Waals surface area contributed by atoms with E-state index in [9.17, 15) is 22.8 Å². The molecule has 0 spiro atoms. The zero-order valence-corrected chi connectivity index (χ0v) is 26.1. The zero-order chi connectivity index (χ0) is 32.6. The van der Waals surface area contributed by atoms with Crippen molar-refractivity contribution in [2.45, 2.75) is 56.7 Å². The van der Waals surface area contributed by atoms with Crippen LogP contribution in [0.5, 0.6) is 0 Å². The van der Waals surface area contributed by atoms with Gasteiger partial charge in [0.25, 0.3) is 5.91 Å². The molecule has 1 aliphatic rings. The van der Waals surface area contributed by atoms with Gasteiger partial charge in [-0.3, -0.25) is 9.59 Å². The Kier molecular flexibility index (Phi) is 10.6. The van der Waals surface area contributed by atoms with E-state index < -0.39 is 24.0 Å². The predicted octanol–water partition coefficient (Wildman–Crippen LogP) is 6.82. The van der Waals surface area contributed by atoms with Crippen molar-refractivity contribution in [2.75, 3.05) is 26.2 Å². The van der Waals surface area contributed by atoms with Gasteiger partial charge in [0.05, 0.1) is 16.7 Å². The number of nitrogens with zero attached hydrogens (tertiary/aromatic N) is 2. The average Bonchev–Trinajstić information content (AvgIpc) is 3.60. The van der Waals surface area contributed by atoms with Gasteiger partial charge < -0.3 is 20.1 Å². The lowest BCUT2D eigenvalue weighted by Crippen LogP contribution is -2.48. The van der Waals surface area contributed by atoms with Gasteiger partial charge in [-0.05, 0) is 80.1 Å². The number of para-hydroxylation sites is 1. The van der Waals surface area contributed by atoms with Crippen LogP contribution < -0.4 is 10.6 Å². The number of carbonyl (C=O) groups is 2. The molecule has 0 bridgehead atoms. The fraction of sp³-hybridized carbons (Fsp3) is 0.351. The third-order valence-corrected chi connectivity index (χ3v) is 8.94. The molecular formula is C37H41F3N4O2. The van der Waals surface area contributed by atoms with Crippen molar-refractivity contribution in [1.82, 2.24) is 20.1 Å². The van der Waals surface area contributed by atoms with Gasteiger partial charge in [0.2, 0.25) is 5.91 Å². The predicted molar refractivity (Wildman–Crippen MR) is 174 cm³/mol. The van der Waals surface area contributed by atoms with E-state index in [2.05, 4.69) is 15.5 Å². The third kappa shape index (κ3) is 7.88. The average molecular weight is 631 g/mol. The van der Waals surface area contributed by atoms with Crippen molar-refractivity contribution in [2.24, 2.45) is 0 Å². The summed E-state index contributed by atoms with van der Waals surface area (Å²) in [6.07, 6.45) is 2.79. The van der Waals surface area contributed by atoms with Crippen molar-refractivity contribution in [1.29, 1.82) is 0 Å². The molecule has 5 rings (SSSR count). The number of benzene rings is 3. The summed E-state index contributed by atoms with van der Waals surface area (Å²) in [5.74, 6) is -0.722. The number of hydrogen-bond acceptors (Lipinski definition) is 3. The molecule has 1 aromatic heterocycles. The van der Waals surface area contributed by atoms with Crippen LogP contribution in [0.25, 0.3) is 5.69 Å². The molecule has 242 valence electrons. The van der Waals surface area contributed by atoms with E-state index in [-0.39, 0.29) is 11.9 Å². The van der Waals surface area contributed by atoms with E-state index in [1.165, 1.54) is 0 Å². The minimum atomic E-state index is -4.51. The van der Waals surface area contributed by atoms with Crippen LogP contribution in [0.2, 0.25) is 0 Å². The molecule has 2 amide bonds. The number of aromatic nitrogens is 1. The van der Waals surface area contributed by atoms with Crippen LogP contribution in [0, 0.1) is 6.92 Å². The van der Waals surface area contributed by atoms with Gasteiger partial charge in [-0.2, -0.15) is 13.2 Å². The lowest BCUT2D eigenvalue weighted by molar-refractivity contribution is -0.141. The lowest BCUT2D eigenvalue weighted by atomic mass is 9.69. The van der Waals surface area contributed by atoms with Crippen molar-refractivity contribution in [3.05, 3.63) is 126 Å². The quantitative estimate of drug-likeness (QED) is 0.169. The third-order valence-electron chi connectivity index (χ3n) is 8.94. The summed E-state index contributed by atoms with van der Waals surface area (Å²) in [5.41, 5.74) is 2.47.